The number of halogens is 6. The summed E-state index contributed by atoms with van der Waals surface area (Å²) in [4.78, 5) is 15.9. The van der Waals surface area contributed by atoms with E-state index >= 15 is 0 Å². The van der Waals surface area contributed by atoms with E-state index in [0.29, 0.717) is 17.7 Å². The number of esters is 1. The van der Waals surface area contributed by atoms with Crippen molar-refractivity contribution >= 4 is 5.97 Å². The van der Waals surface area contributed by atoms with Gasteiger partial charge in [-0.3, -0.25) is 4.98 Å². The molecule has 5 nitrogen and oxygen atoms in total. The van der Waals surface area contributed by atoms with Crippen molar-refractivity contribution in [2.24, 2.45) is 0 Å². The van der Waals surface area contributed by atoms with Gasteiger partial charge in [-0.15, -0.1) is 0 Å². The highest BCUT2D eigenvalue weighted by Gasteiger charge is 2.37. The molecule has 0 radical (unpaired) electrons. The van der Waals surface area contributed by atoms with Crippen molar-refractivity contribution in [2.75, 3.05) is 6.61 Å². The molecule has 0 aliphatic carbocycles. The van der Waals surface area contributed by atoms with E-state index in [1.54, 1.807) is 6.92 Å². The lowest BCUT2D eigenvalue weighted by Crippen LogP contribution is -2.13. The number of nitrogens with zero attached hydrogens (tertiary/aromatic N) is 3. The van der Waals surface area contributed by atoms with E-state index in [1.165, 1.54) is 30.6 Å². The first-order chi connectivity index (χ1) is 14.0. The van der Waals surface area contributed by atoms with E-state index in [-0.39, 0.29) is 24.1 Å². The molecule has 0 aliphatic heterocycles. The van der Waals surface area contributed by atoms with Gasteiger partial charge in [-0.1, -0.05) is 0 Å². The van der Waals surface area contributed by atoms with Crippen LogP contribution in [0, 0.1) is 0 Å². The summed E-state index contributed by atoms with van der Waals surface area (Å²) in [5.41, 5.74) is -3.32. The molecule has 0 saturated carbocycles. The molecular weight excluding hydrogens is 416 g/mol. The molecule has 0 unspecified atom stereocenters. The predicted octanol–water partition coefficient (Wildman–Crippen LogP) is 5.15. The average molecular weight is 429 g/mol. The van der Waals surface area contributed by atoms with Gasteiger partial charge in [0.2, 0.25) is 0 Å². The molecule has 0 fully saturated rings. The van der Waals surface area contributed by atoms with Crippen molar-refractivity contribution in [3.63, 3.8) is 0 Å². The lowest BCUT2D eigenvalue weighted by Gasteiger charge is -2.15. The fraction of sp³-hybridized carbons (Fsp3) is 0.211. The Kier molecular flexibility index (Phi) is 5.55. The molecule has 2 aromatic heterocycles. The Morgan fingerprint density at radius 1 is 0.967 bits per heavy atom. The second kappa shape index (κ2) is 7.81. The van der Waals surface area contributed by atoms with Crippen LogP contribution in [0.15, 0.2) is 48.8 Å². The van der Waals surface area contributed by atoms with Crippen molar-refractivity contribution in [3.8, 4) is 16.9 Å². The van der Waals surface area contributed by atoms with E-state index in [0.717, 1.165) is 4.68 Å². The SMILES string of the molecule is CCOC(=O)c1cc(-c2ccncc2)n(-c2cc(C(F)(F)F)cc(C(F)(F)F)c2)n1. The van der Waals surface area contributed by atoms with Gasteiger partial charge in [0, 0.05) is 18.0 Å². The fourth-order valence-electron chi connectivity index (χ4n) is 2.67. The fourth-order valence-corrected chi connectivity index (χ4v) is 2.67. The molecule has 2 heterocycles. The van der Waals surface area contributed by atoms with Gasteiger partial charge in [-0.2, -0.15) is 31.4 Å². The smallest absolute Gasteiger partial charge is 0.416 e. The monoisotopic (exact) mass is 429 g/mol. The lowest BCUT2D eigenvalue weighted by molar-refractivity contribution is -0.143. The molecule has 0 bridgehead atoms. The number of hydrogen-bond acceptors (Lipinski definition) is 4. The standard InChI is InChI=1S/C19H13F6N3O2/c1-2-30-17(29)15-10-16(11-3-5-26-6-4-11)28(27-15)14-8-12(18(20,21)22)7-13(9-14)19(23,24)25/h3-10H,2H2,1H3. The van der Waals surface area contributed by atoms with E-state index in [1.807, 2.05) is 0 Å². The van der Waals surface area contributed by atoms with Crippen molar-refractivity contribution < 1.29 is 35.9 Å². The summed E-state index contributed by atoms with van der Waals surface area (Å²) in [6.45, 7) is 1.55. The zero-order chi connectivity index (χ0) is 22.1. The Bertz CT molecular complexity index is 1030. The summed E-state index contributed by atoms with van der Waals surface area (Å²) < 4.78 is 85.1. The molecule has 11 heteroatoms. The van der Waals surface area contributed by atoms with Gasteiger partial charge in [0.05, 0.1) is 29.1 Å². The third-order valence-electron chi connectivity index (χ3n) is 3.99. The Balaban J connectivity index is 2.27. The zero-order valence-electron chi connectivity index (χ0n) is 15.3. The Labute approximate surface area is 165 Å². The maximum absolute atomic E-state index is 13.2. The van der Waals surface area contributed by atoms with Crippen molar-refractivity contribution in [1.29, 1.82) is 0 Å². The molecule has 3 rings (SSSR count). The first-order valence-electron chi connectivity index (χ1n) is 8.48. The summed E-state index contributed by atoms with van der Waals surface area (Å²) in [6.07, 6.45) is -7.29. The number of aromatic nitrogens is 3. The van der Waals surface area contributed by atoms with Gasteiger partial charge in [-0.25, -0.2) is 9.48 Å². The summed E-state index contributed by atoms with van der Waals surface area (Å²) in [6, 6.07) is 5.25. The maximum Gasteiger partial charge on any atom is 0.416 e. The Morgan fingerprint density at radius 3 is 2.03 bits per heavy atom. The number of pyridine rings is 1. The number of alkyl halides is 6. The molecule has 0 spiro atoms. The van der Waals surface area contributed by atoms with Gasteiger partial charge in [0.25, 0.3) is 0 Å². The van der Waals surface area contributed by atoms with Crippen LogP contribution in [0.1, 0.15) is 28.5 Å². The minimum Gasteiger partial charge on any atom is -0.461 e. The molecule has 0 amide bonds. The van der Waals surface area contributed by atoms with E-state index in [9.17, 15) is 31.1 Å². The van der Waals surface area contributed by atoms with Crippen LogP contribution in [0.4, 0.5) is 26.3 Å². The molecule has 0 atom stereocenters. The Morgan fingerprint density at radius 2 is 1.53 bits per heavy atom. The normalized spacial score (nSPS) is 12.1. The number of rotatable bonds is 4. The van der Waals surface area contributed by atoms with Crippen LogP contribution in [-0.4, -0.2) is 27.3 Å². The van der Waals surface area contributed by atoms with Crippen LogP contribution in [0.3, 0.4) is 0 Å². The number of carbonyl (C=O) groups excluding carboxylic acids is 1. The van der Waals surface area contributed by atoms with Crippen molar-refractivity contribution in [3.05, 3.63) is 65.6 Å². The van der Waals surface area contributed by atoms with Gasteiger partial charge in [0.15, 0.2) is 5.69 Å². The van der Waals surface area contributed by atoms with Gasteiger partial charge >= 0.3 is 18.3 Å². The maximum atomic E-state index is 13.2. The third kappa shape index (κ3) is 4.44. The van der Waals surface area contributed by atoms with E-state index in [4.69, 9.17) is 4.74 Å². The number of hydrogen-bond donors (Lipinski definition) is 0. The molecule has 0 N–H and O–H groups in total. The van der Waals surface area contributed by atoms with E-state index < -0.39 is 35.1 Å². The quantitative estimate of drug-likeness (QED) is 0.425. The lowest BCUT2D eigenvalue weighted by atomic mass is 10.1. The largest absolute Gasteiger partial charge is 0.461 e. The van der Waals surface area contributed by atoms with Crippen LogP contribution in [0.25, 0.3) is 16.9 Å². The Hall–Kier alpha value is -3.37. The average Bonchev–Trinajstić information content (AvgIpc) is 3.13. The molecule has 1 aromatic carbocycles. The minimum absolute atomic E-state index is 0.0120. The number of ether oxygens (including phenoxy) is 1. The van der Waals surface area contributed by atoms with Gasteiger partial charge in [0.1, 0.15) is 0 Å². The van der Waals surface area contributed by atoms with Crippen LogP contribution in [0.2, 0.25) is 0 Å². The predicted molar refractivity (Wildman–Crippen MR) is 92.8 cm³/mol. The number of benzene rings is 1. The van der Waals surface area contributed by atoms with Crippen LogP contribution < -0.4 is 0 Å². The molecule has 158 valence electrons. The summed E-state index contributed by atoms with van der Waals surface area (Å²) in [5, 5.41) is 3.91. The van der Waals surface area contributed by atoms with Gasteiger partial charge < -0.3 is 4.74 Å². The second-order valence-corrected chi connectivity index (χ2v) is 6.05. The highest BCUT2D eigenvalue weighted by Crippen LogP contribution is 2.38. The number of carbonyl (C=O) groups is 1. The second-order valence-electron chi connectivity index (χ2n) is 6.05. The zero-order valence-corrected chi connectivity index (χ0v) is 15.3. The minimum atomic E-state index is -5.02. The molecule has 0 aliphatic rings. The third-order valence-corrected chi connectivity index (χ3v) is 3.99. The molecule has 0 saturated heterocycles. The summed E-state index contributed by atoms with van der Waals surface area (Å²) >= 11 is 0. The van der Waals surface area contributed by atoms with Crippen LogP contribution >= 0.6 is 0 Å². The summed E-state index contributed by atoms with van der Waals surface area (Å²) in [5.74, 6) is -0.866. The van der Waals surface area contributed by atoms with Crippen molar-refractivity contribution in [2.45, 2.75) is 19.3 Å². The molecular formula is C19H13F6N3O2. The highest BCUT2D eigenvalue weighted by molar-refractivity contribution is 5.89. The van der Waals surface area contributed by atoms with Crippen LogP contribution in [-0.2, 0) is 17.1 Å². The van der Waals surface area contributed by atoms with Gasteiger partial charge in [-0.05, 0) is 43.3 Å². The molecule has 3 aromatic rings. The van der Waals surface area contributed by atoms with E-state index in [2.05, 4.69) is 10.1 Å². The first kappa shape index (κ1) is 21.3. The highest BCUT2D eigenvalue weighted by atomic mass is 19.4. The first-order valence-corrected chi connectivity index (χ1v) is 8.48. The van der Waals surface area contributed by atoms with Crippen molar-refractivity contribution in [1.82, 2.24) is 14.8 Å². The molecule has 30 heavy (non-hydrogen) atoms. The van der Waals surface area contributed by atoms with Crippen LogP contribution in [0.5, 0.6) is 0 Å². The summed E-state index contributed by atoms with van der Waals surface area (Å²) in [7, 11) is 0. The topological polar surface area (TPSA) is 57.0 Å².